The lowest BCUT2D eigenvalue weighted by Gasteiger charge is -2.14. The molecule has 0 fully saturated rings. The lowest BCUT2D eigenvalue weighted by molar-refractivity contribution is -0.144. The van der Waals surface area contributed by atoms with E-state index in [-0.39, 0.29) is 12.2 Å². The maximum Gasteiger partial charge on any atom is 0.410 e. The fraction of sp³-hybridized carbons (Fsp3) is 0.286. The molecule has 102 valence electrons. The first-order valence-corrected chi connectivity index (χ1v) is 5.82. The molecular formula is C14H17NO4. The molecule has 1 atom stereocenters. The van der Waals surface area contributed by atoms with Gasteiger partial charge in [-0.1, -0.05) is 36.9 Å². The number of hydrogen-bond donors (Lipinski definition) is 1. The van der Waals surface area contributed by atoms with Crippen molar-refractivity contribution in [3.63, 3.8) is 0 Å². The van der Waals surface area contributed by atoms with Crippen LogP contribution in [0.15, 0.2) is 42.5 Å². The van der Waals surface area contributed by atoms with E-state index in [1.54, 1.807) is 0 Å². The number of ether oxygens (including phenoxy) is 2. The van der Waals surface area contributed by atoms with Crippen LogP contribution >= 0.6 is 0 Å². The summed E-state index contributed by atoms with van der Waals surface area (Å²) in [6, 6.07) is 9.28. The smallest absolute Gasteiger partial charge is 0.410 e. The van der Waals surface area contributed by atoms with Crippen LogP contribution in [-0.4, -0.2) is 18.3 Å². The molecular weight excluding hydrogens is 246 g/mol. The van der Waals surface area contributed by atoms with Gasteiger partial charge in [0.2, 0.25) is 0 Å². The fourth-order valence-electron chi connectivity index (χ4n) is 1.22. The number of carbonyl (C=O) groups excluding carboxylic acids is 2. The second-order valence-corrected chi connectivity index (χ2v) is 4.03. The molecule has 5 heteroatoms. The summed E-state index contributed by atoms with van der Waals surface area (Å²) in [6.07, 6.45) is -1.42. The molecule has 1 unspecified atom stereocenters. The highest BCUT2D eigenvalue weighted by Gasteiger charge is 2.13. The van der Waals surface area contributed by atoms with E-state index < -0.39 is 18.3 Å². The van der Waals surface area contributed by atoms with Gasteiger partial charge >= 0.3 is 12.1 Å². The third-order valence-electron chi connectivity index (χ3n) is 2.17. The van der Waals surface area contributed by atoms with Gasteiger partial charge in [0.15, 0.2) is 6.23 Å². The van der Waals surface area contributed by atoms with E-state index in [1.165, 1.54) is 13.8 Å². The molecule has 0 spiro atoms. The third kappa shape index (κ3) is 5.72. The summed E-state index contributed by atoms with van der Waals surface area (Å²) in [6.45, 7) is 6.67. The number of amides is 1. The van der Waals surface area contributed by atoms with Gasteiger partial charge in [0.25, 0.3) is 0 Å². The van der Waals surface area contributed by atoms with Crippen molar-refractivity contribution in [3.05, 3.63) is 48.0 Å². The SMILES string of the molecule is C=C(C)C(=O)OC(C)NC(=O)OCc1ccccc1. The molecule has 0 radical (unpaired) electrons. The molecule has 1 rings (SSSR count). The second kappa shape index (κ2) is 7.20. The average Bonchev–Trinajstić information content (AvgIpc) is 2.37. The second-order valence-electron chi connectivity index (χ2n) is 4.03. The van der Waals surface area contributed by atoms with Crippen molar-refractivity contribution in [1.82, 2.24) is 5.32 Å². The Hall–Kier alpha value is -2.30. The van der Waals surface area contributed by atoms with Crippen LogP contribution in [0, 0.1) is 0 Å². The zero-order chi connectivity index (χ0) is 14.3. The van der Waals surface area contributed by atoms with E-state index in [0.29, 0.717) is 0 Å². The van der Waals surface area contributed by atoms with Crippen LogP contribution in [0.2, 0.25) is 0 Å². The van der Waals surface area contributed by atoms with Crippen LogP contribution in [0.5, 0.6) is 0 Å². The van der Waals surface area contributed by atoms with Crippen molar-refractivity contribution in [3.8, 4) is 0 Å². The summed E-state index contributed by atoms with van der Waals surface area (Å²) in [4.78, 5) is 22.6. The Morgan fingerprint density at radius 1 is 1.32 bits per heavy atom. The van der Waals surface area contributed by atoms with Crippen molar-refractivity contribution in [2.75, 3.05) is 0 Å². The highest BCUT2D eigenvalue weighted by Crippen LogP contribution is 2.01. The van der Waals surface area contributed by atoms with E-state index >= 15 is 0 Å². The lowest BCUT2D eigenvalue weighted by atomic mass is 10.2. The quantitative estimate of drug-likeness (QED) is 0.503. The number of nitrogens with one attached hydrogen (secondary N) is 1. The highest BCUT2D eigenvalue weighted by atomic mass is 16.6. The number of carbonyl (C=O) groups is 2. The van der Waals surface area contributed by atoms with E-state index in [9.17, 15) is 9.59 Å². The van der Waals surface area contributed by atoms with Gasteiger partial charge in [-0.2, -0.15) is 0 Å². The minimum Gasteiger partial charge on any atom is -0.445 e. The molecule has 0 heterocycles. The normalized spacial score (nSPS) is 11.3. The molecule has 1 N–H and O–H groups in total. The Bertz CT molecular complexity index is 456. The van der Waals surface area contributed by atoms with Crippen molar-refractivity contribution < 1.29 is 19.1 Å². The summed E-state index contributed by atoms with van der Waals surface area (Å²) < 4.78 is 9.86. The minimum atomic E-state index is -0.771. The predicted molar refractivity (Wildman–Crippen MR) is 70.1 cm³/mol. The predicted octanol–water partition coefficient (Wildman–Crippen LogP) is 2.38. The van der Waals surface area contributed by atoms with Crippen LogP contribution in [-0.2, 0) is 20.9 Å². The van der Waals surface area contributed by atoms with Gasteiger partial charge in [-0.05, 0) is 19.4 Å². The monoisotopic (exact) mass is 263 g/mol. The Morgan fingerprint density at radius 3 is 2.53 bits per heavy atom. The largest absolute Gasteiger partial charge is 0.445 e. The summed E-state index contributed by atoms with van der Waals surface area (Å²) in [5.41, 5.74) is 1.15. The maximum atomic E-state index is 11.4. The molecule has 0 aliphatic rings. The van der Waals surface area contributed by atoms with Crippen LogP contribution in [0.3, 0.4) is 0 Å². The van der Waals surface area contributed by atoms with Crippen LogP contribution in [0.1, 0.15) is 19.4 Å². The molecule has 0 saturated heterocycles. The van der Waals surface area contributed by atoms with Crippen LogP contribution in [0.4, 0.5) is 4.79 Å². The molecule has 19 heavy (non-hydrogen) atoms. The molecule has 1 aromatic carbocycles. The first-order chi connectivity index (χ1) is 8.99. The molecule has 0 aromatic heterocycles. The van der Waals surface area contributed by atoms with Crippen LogP contribution < -0.4 is 5.32 Å². The number of rotatable bonds is 5. The summed E-state index contributed by atoms with van der Waals surface area (Å²) in [5, 5.41) is 2.39. The molecule has 5 nitrogen and oxygen atoms in total. The van der Waals surface area contributed by atoms with Crippen molar-refractivity contribution in [2.45, 2.75) is 26.7 Å². The Morgan fingerprint density at radius 2 is 1.95 bits per heavy atom. The summed E-state index contributed by atoms with van der Waals surface area (Å²) in [5.74, 6) is -0.559. The van der Waals surface area contributed by atoms with Gasteiger partial charge in [0.05, 0.1) is 0 Å². The van der Waals surface area contributed by atoms with Gasteiger partial charge in [-0.3, -0.25) is 5.32 Å². The number of alkyl carbamates (subject to hydrolysis) is 1. The van der Waals surface area contributed by atoms with Gasteiger partial charge in [-0.25, -0.2) is 9.59 Å². The summed E-state index contributed by atoms with van der Waals surface area (Å²) >= 11 is 0. The number of hydrogen-bond acceptors (Lipinski definition) is 4. The van der Waals surface area contributed by atoms with Gasteiger partial charge < -0.3 is 9.47 Å². The van der Waals surface area contributed by atoms with Gasteiger partial charge in [-0.15, -0.1) is 0 Å². The lowest BCUT2D eigenvalue weighted by Crippen LogP contribution is -2.36. The van der Waals surface area contributed by atoms with Crippen molar-refractivity contribution >= 4 is 12.1 Å². The van der Waals surface area contributed by atoms with E-state index in [1.807, 2.05) is 30.3 Å². The number of esters is 1. The first kappa shape index (κ1) is 14.8. The van der Waals surface area contributed by atoms with Gasteiger partial charge in [0.1, 0.15) is 6.61 Å². The average molecular weight is 263 g/mol. The van der Waals surface area contributed by atoms with Crippen LogP contribution in [0.25, 0.3) is 0 Å². The third-order valence-corrected chi connectivity index (χ3v) is 2.17. The van der Waals surface area contributed by atoms with Crippen molar-refractivity contribution in [2.24, 2.45) is 0 Å². The standard InChI is InChI=1S/C14H17NO4/c1-10(2)13(16)19-11(3)15-14(17)18-9-12-7-5-4-6-8-12/h4-8,11H,1,9H2,2-3H3,(H,15,17). The first-order valence-electron chi connectivity index (χ1n) is 5.82. The minimum absolute atomic E-state index is 0.161. The topological polar surface area (TPSA) is 64.6 Å². The number of benzene rings is 1. The molecule has 0 saturated carbocycles. The van der Waals surface area contributed by atoms with Crippen molar-refractivity contribution in [1.29, 1.82) is 0 Å². The molecule has 1 aromatic rings. The maximum absolute atomic E-state index is 11.4. The molecule has 0 aliphatic carbocycles. The van der Waals surface area contributed by atoms with E-state index in [2.05, 4.69) is 11.9 Å². The molecule has 0 aliphatic heterocycles. The zero-order valence-electron chi connectivity index (χ0n) is 11.0. The van der Waals surface area contributed by atoms with Gasteiger partial charge in [0, 0.05) is 5.57 Å². The molecule has 0 bridgehead atoms. The summed E-state index contributed by atoms with van der Waals surface area (Å²) in [7, 11) is 0. The molecule has 1 amide bonds. The van der Waals surface area contributed by atoms with E-state index in [0.717, 1.165) is 5.56 Å². The Kier molecular flexibility index (Phi) is 5.60. The zero-order valence-corrected chi connectivity index (χ0v) is 11.0. The Labute approximate surface area is 112 Å². The highest BCUT2D eigenvalue weighted by molar-refractivity contribution is 5.87. The van der Waals surface area contributed by atoms with E-state index in [4.69, 9.17) is 9.47 Å². The Balaban J connectivity index is 2.31. The fourth-order valence-corrected chi connectivity index (χ4v) is 1.22.